The van der Waals surface area contributed by atoms with Gasteiger partial charge in [-0.2, -0.15) is 0 Å². The molecule has 2 rings (SSSR count). The van der Waals surface area contributed by atoms with E-state index in [1.807, 2.05) is 0 Å². The van der Waals surface area contributed by atoms with E-state index in [4.69, 9.17) is 4.74 Å². The molecule has 1 saturated heterocycles. The molecule has 0 aliphatic carbocycles. The molecule has 1 aliphatic rings. The van der Waals surface area contributed by atoms with Gasteiger partial charge in [-0.3, -0.25) is 4.79 Å². The van der Waals surface area contributed by atoms with Crippen LogP contribution < -0.4 is 10.6 Å². The molecule has 1 aromatic carbocycles. The predicted molar refractivity (Wildman–Crippen MR) is 79.6 cm³/mol. The summed E-state index contributed by atoms with van der Waals surface area (Å²) in [5, 5.41) is 6.24. The molecular formula is C16H24N2O2. The zero-order valence-corrected chi connectivity index (χ0v) is 12.3. The predicted octanol–water partition coefficient (Wildman–Crippen LogP) is 1.80. The summed E-state index contributed by atoms with van der Waals surface area (Å²) in [6, 6.07) is 8.56. The molecule has 4 heteroatoms. The first kappa shape index (κ1) is 15.0. The zero-order chi connectivity index (χ0) is 14.4. The van der Waals surface area contributed by atoms with E-state index < -0.39 is 0 Å². The van der Waals surface area contributed by atoms with Crippen LogP contribution in [0, 0.1) is 0 Å². The summed E-state index contributed by atoms with van der Waals surface area (Å²) >= 11 is 0. The Morgan fingerprint density at radius 1 is 1.40 bits per heavy atom. The Balaban J connectivity index is 1.74. The number of ether oxygens (including phenoxy) is 1. The lowest BCUT2D eigenvalue weighted by atomic mass is 10.0. The Labute approximate surface area is 120 Å². The average molecular weight is 276 g/mol. The standard InChI is InChI=1S/C16H24N2O2/c1-12(2)14-5-3-13(4-6-14)10-18-16(19)9-15-11-20-8-7-17-15/h3-6,12,15,17H,7-11H2,1-2H3,(H,18,19). The maximum absolute atomic E-state index is 11.9. The molecule has 0 aromatic heterocycles. The first-order valence-corrected chi connectivity index (χ1v) is 7.32. The van der Waals surface area contributed by atoms with Crippen LogP contribution in [0.1, 0.15) is 37.3 Å². The summed E-state index contributed by atoms with van der Waals surface area (Å²) in [5.41, 5.74) is 2.46. The van der Waals surface area contributed by atoms with E-state index in [9.17, 15) is 4.79 Å². The van der Waals surface area contributed by atoms with Gasteiger partial charge in [-0.05, 0) is 17.0 Å². The number of amides is 1. The minimum atomic E-state index is 0.0703. The Hall–Kier alpha value is -1.39. The highest BCUT2D eigenvalue weighted by molar-refractivity contribution is 5.76. The van der Waals surface area contributed by atoms with Gasteiger partial charge < -0.3 is 15.4 Å². The molecule has 1 heterocycles. The molecule has 0 spiro atoms. The highest BCUT2D eigenvalue weighted by atomic mass is 16.5. The van der Waals surface area contributed by atoms with Crippen LogP contribution in [0.2, 0.25) is 0 Å². The van der Waals surface area contributed by atoms with Gasteiger partial charge in [0.2, 0.25) is 5.91 Å². The van der Waals surface area contributed by atoms with Gasteiger partial charge in [0.05, 0.1) is 13.2 Å². The Morgan fingerprint density at radius 3 is 2.75 bits per heavy atom. The van der Waals surface area contributed by atoms with E-state index in [1.165, 1.54) is 5.56 Å². The van der Waals surface area contributed by atoms with Crippen LogP contribution in [0.3, 0.4) is 0 Å². The summed E-state index contributed by atoms with van der Waals surface area (Å²) in [7, 11) is 0. The van der Waals surface area contributed by atoms with E-state index in [1.54, 1.807) is 0 Å². The van der Waals surface area contributed by atoms with Crippen LogP contribution in [0.25, 0.3) is 0 Å². The van der Waals surface area contributed by atoms with Crippen LogP contribution >= 0.6 is 0 Å². The second-order valence-electron chi connectivity index (χ2n) is 5.60. The SMILES string of the molecule is CC(C)c1ccc(CNC(=O)CC2COCCN2)cc1. The summed E-state index contributed by atoms with van der Waals surface area (Å²) < 4.78 is 5.34. The lowest BCUT2D eigenvalue weighted by molar-refractivity contribution is -0.122. The fraction of sp³-hybridized carbons (Fsp3) is 0.562. The van der Waals surface area contributed by atoms with Crippen molar-refractivity contribution in [1.82, 2.24) is 10.6 Å². The zero-order valence-electron chi connectivity index (χ0n) is 12.3. The van der Waals surface area contributed by atoms with Gasteiger partial charge in [-0.1, -0.05) is 38.1 Å². The third-order valence-electron chi connectivity index (χ3n) is 3.57. The molecule has 1 aromatic rings. The first-order valence-electron chi connectivity index (χ1n) is 7.32. The van der Waals surface area contributed by atoms with Crippen molar-refractivity contribution in [2.24, 2.45) is 0 Å². The molecular weight excluding hydrogens is 252 g/mol. The van der Waals surface area contributed by atoms with E-state index in [0.717, 1.165) is 18.7 Å². The average Bonchev–Trinajstić information content (AvgIpc) is 2.46. The van der Waals surface area contributed by atoms with Gasteiger partial charge in [0.15, 0.2) is 0 Å². The molecule has 1 amide bonds. The van der Waals surface area contributed by atoms with E-state index in [0.29, 0.717) is 25.5 Å². The maximum Gasteiger partial charge on any atom is 0.221 e. The summed E-state index contributed by atoms with van der Waals surface area (Å²) in [6.45, 7) is 7.13. The van der Waals surface area contributed by atoms with Gasteiger partial charge in [0, 0.05) is 25.6 Å². The Morgan fingerprint density at radius 2 is 2.15 bits per heavy atom. The first-order chi connectivity index (χ1) is 9.65. The summed E-state index contributed by atoms with van der Waals surface area (Å²) in [4.78, 5) is 11.9. The van der Waals surface area contributed by atoms with Crippen LogP contribution in [-0.2, 0) is 16.1 Å². The minimum Gasteiger partial charge on any atom is -0.378 e. The smallest absolute Gasteiger partial charge is 0.221 e. The second kappa shape index (κ2) is 7.41. The van der Waals surface area contributed by atoms with Crippen molar-refractivity contribution in [1.29, 1.82) is 0 Å². The second-order valence-corrected chi connectivity index (χ2v) is 5.60. The number of hydrogen-bond acceptors (Lipinski definition) is 3. The molecule has 1 aliphatic heterocycles. The van der Waals surface area contributed by atoms with Crippen molar-refractivity contribution in [3.63, 3.8) is 0 Å². The Kier molecular flexibility index (Phi) is 5.56. The topological polar surface area (TPSA) is 50.4 Å². The molecule has 110 valence electrons. The minimum absolute atomic E-state index is 0.0703. The number of hydrogen-bond donors (Lipinski definition) is 2. The Bertz CT molecular complexity index is 423. The highest BCUT2D eigenvalue weighted by Crippen LogP contribution is 2.14. The molecule has 2 N–H and O–H groups in total. The molecule has 0 saturated carbocycles. The third kappa shape index (κ3) is 4.62. The number of benzene rings is 1. The van der Waals surface area contributed by atoms with Gasteiger partial charge >= 0.3 is 0 Å². The normalized spacial score (nSPS) is 19.1. The quantitative estimate of drug-likeness (QED) is 0.862. The van der Waals surface area contributed by atoms with Crippen molar-refractivity contribution in [3.8, 4) is 0 Å². The molecule has 20 heavy (non-hydrogen) atoms. The van der Waals surface area contributed by atoms with Crippen molar-refractivity contribution < 1.29 is 9.53 Å². The highest BCUT2D eigenvalue weighted by Gasteiger charge is 2.16. The number of carbonyl (C=O) groups excluding carboxylic acids is 1. The van der Waals surface area contributed by atoms with Crippen LogP contribution in [0.4, 0.5) is 0 Å². The molecule has 0 radical (unpaired) electrons. The van der Waals surface area contributed by atoms with Gasteiger partial charge in [-0.25, -0.2) is 0 Å². The van der Waals surface area contributed by atoms with Crippen LogP contribution in [0.5, 0.6) is 0 Å². The monoisotopic (exact) mass is 276 g/mol. The fourth-order valence-corrected chi connectivity index (χ4v) is 2.27. The van der Waals surface area contributed by atoms with Crippen LogP contribution in [0.15, 0.2) is 24.3 Å². The maximum atomic E-state index is 11.9. The largest absolute Gasteiger partial charge is 0.378 e. The molecule has 1 atom stereocenters. The lowest BCUT2D eigenvalue weighted by Gasteiger charge is -2.23. The molecule has 0 bridgehead atoms. The summed E-state index contributed by atoms with van der Waals surface area (Å²) in [5.74, 6) is 0.608. The third-order valence-corrected chi connectivity index (χ3v) is 3.57. The summed E-state index contributed by atoms with van der Waals surface area (Å²) in [6.07, 6.45) is 0.476. The molecule has 1 fully saturated rings. The van der Waals surface area contributed by atoms with Crippen LogP contribution in [-0.4, -0.2) is 31.7 Å². The fourth-order valence-electron chi connectivity index (χ4n) is 2.27. The van der Waals surface area contributed by atoms with E-state index >= 15 is 0 Å². The molecule has 4 nitrogen and oxygen atoms in total. The van der Waals surface area contributed by atoms with Crippen molar-refractivity contribution in [3.05, 3.63) is 35.4 Å². The van der Waals surface area contributed by atoms with Gasteiger partial charge in [0.25, 0.3) is 0 Å². The number of carbonyl (C=O) groups is 1. The van der Waals surface area contributed by atoms with Crippen molar-refractivity contribution >= 4 is 5.91 Å². The van der Waals surface area contributed by atoms with Gasteiger partial charge in [-0.15, -0.1) is 0 Å². The lowest BCUT2D eigenvalue weighted by Crippen LogP contribution is -2.44. The van der Waals surface area contributed by atoms with E-state index in [2.05, 4.69) is 48.7 Å². The van der Waals surface area contributed by atoms with E-state index in [-0.39, 0.29) is 11.9 Å². The molecule has 1 unspecified atom stereocenters. The number of nitrogens with one attached hydrogen (secondary N) is 2. The van der Waals surface area contributed by atoms with Gasteiger partial charge in [0.1, 0.15) is 0 Å². The number of morpholine rings is 1. The number of rotatable bonds is 5. The van der Waals surface area contributed by atoms with Crippen molar-refractivity contribution in [2.75, 3.05) is 19.8 Å². The van der Waals surface area contributed by atoms with Crippen molar-refractivity contribution in [2.45, 2.75) is 38.8 Å².